The quantitative estimate of drug-likeness (QED) is 0.717. The zero-order chi connectivity index (χ0) is 15.0. The third kappa shape index (κ3) is 7.32. The number of nitrogens with two attached hydrogens (primary N) is 1. The first-order valence-electron chi connectivity index (χ1n) is 6.88. The summed E-state index contributed by atoms with van der Waals surface area (Å²) in [5, 5.41) is 2.78. The van der Waals surface area contributed by atoms with Crippen molar-refractivity contribution in [3.05, 3.63) is 29.3 Å². The number of amides is 1. The van der Waals surface area contributed by atoms with E-state index in [1.54, 1.807) is 6.92 Å². The van der Waals surface area contributed by atoms with Crippen LogP contribution in [0.5, 0.6) is 5.75 Å². The second-order valence-electron chi connectivity index (χ2n) is 4.66. The average Bonchev–Trinajstić information content (AvgIpc) is 2.42. The Hall–Kier alpha value is -1.30. The molecule has 1 aromatic carbocycles. The summed E-state index contributed by atoms with van der Waals surface area (Å²) >= 11 is 0. The highest BCUT2D eigenvalue weighted by Crippen LogP contribution is 2.20. The fourth-order valence-corrected chi connectivity index (χ4v) is 1.64. The van der Waals surface area contributed by atoms with E-state index in [0.717, 1.165) is 16.9 Å². The van der Waals surface area contributed by atoms with Crippen LogP contribution in [0.1, 0.15) is 25.0 Å². The van der Waals surface area contributed by atoms with Crippen LogP contribution < -0.4 is 15.8 Å². The van der Waals surface area contributed by atoms with Gasteiger partial charge in [0.05, 0.1) is 12.6 Å². The molecule has 0 unspecified atom stereocenters. The van der Waals surface area contributed by atoms with E-state index in [2.05, 4.69) is 5.32 Å². The number of benzene rings is 1. The lowest BCUT2D eigenvalue weighted by atomic mass is 10.1. The number of hydrogen-bond donors (Lipinski definition) is 2. The fourth-order valence-electron chi connectivity index (χ4n) is 1.64. The van der Waals surface area contributed by atoms with E-state index in [1.807, 2.05) is 32.0 Å². The first-order valence-corrected chi connectivity index (χ1v) is 6.88. The van der Waals surface area contributed by atoms with Gasteiger partial charge in [-0.25, -0.2) is 0 Å². The predicted molar refractivity (Wildman–Crippen MR) is 85.9 cm³/mol. The predicted octanol–water partition coefficient (Wildman–Crippen LogP) is 1.80. The summed E-state index contributed by atoms with van der Waals surface area (Å²) in [6.07, 6.45) is 0. The Balaban J connectivity index is 0.00000400. The minimum absolute atomic E-state index is 0. The molecule has 3 N–H and O–H groups in total. The second-order valence-corrected chi connectivity index (χ2v) is 4.66. The molecule has 1 rings (SSSR count). The minimum atomic E-state index is -0.511. The number of halogens is 1. The second kappa shape index (κ2) is 10.4. The van der Waals surface area contributed by atoms with Crippen LogP contribution in [0.15, 0.2) is 18.2 Å². The molecule has 0 aliphatic heterocycles. The molecule has 0 radical (unpaired) electrons. The van der Waals surface area contributed by atoms with Crippen LogP contribution in [0.2, 0.25) is 0 Å². The largest absolute Gasteiger partial charge is 0.491 e. The first-order chi connectivity index (χ1) is 9.54. The first kappa shape index (κ1) is 19.7. The van der Waals surface area contributed by atoms with Gasteiger partial charge in [0.25, 0.3) is 0 Å². The standard InChI is InChI=1S/C15H24N2O3.ClH/c1-4-19-7-8-20-14-9-11(2)5-6-13(14)10-17-15(18)12(3)16;/h5-6,9,12H,4,7-8,10,16H2,1-3H3,(H,17,18);1H/t12-;/m1./s1. The molecule has 5 nitrogen and oxygen atoms in total. The number of hydrogen-bond acceptors (Lipinski definition) is 4. The highest BCUT2D eigenvalue weighted by molar-refractivity contribution is 5.85. The summed E-state index contributed by atoms with van der Waals surface area (Å²) in [5.41, 5.74) is 7.56. The molecule has 0 aliphatic carbocycles. The zero-order valence-corrected chi connectivity index (χ0v) is 13.7. The topological polar surface area (TPSA) is 73.6 Å². The molecule has 0 aromatic heterocycles. The van der Waals surface area contributed by atoms with Crippen molar-refractivity contribution in [3.63, 3.8) is 0 Å². The summed E-state index contributed by atoms with van der Waals surface area (Å²) in [4.78, 5) is 11.5. The maximum atomic E-state index is 11.5. The van der Waals surface area contributed by atoms with Crippen molar-refractivity contribution >= 4 is 18.3 Å². The van der Waals surface area contributed by atoms with Crippen LogP contribution in [0.4, 0.5) is 0 Å². The highest BCUT2D eigenvalue weighted by atomic mass is 35.5. The molecule has 0 fully saturated rings. The van der Waals surface area contributed by atoms with Gasteiger partial charge in [0.1, 0.15) is 12.4 Å². The number of nitrogens with one attached hydrogen (secondary N) is 1. The Labute approximate surface area is 132 Å². The van der Waals surface area contributed by atoms with Gasteiger partial charge >= 0.3 is 0 Å². The maximum absolute atomic E-state index is 11.5. The number of rotatable bonds is 8. The molecule has 0 spiro atoms. The molecule has 0 heterocycles. The Kier molecular flexibility index (Phi) is 9.78. The van der Waals surface area contributed by atoms with Gasteiger partial charge in [-0.15, -0.1) is 12.4 Å². The van der Waals surface area contributed by atoms with E-state index in [9.17, 15) is 4.79 Å². The van der Waals surface area contributed by atoms with Gasteiger partial charge in [0, 0.05) is 18.7 Å². The van der Waals surface area contributed by atoms with Gasteiger partial charge in [0.2, 0.25) is 5.91 Å². The molecule has 1 amide bonds. The third-order valence-electron chi connectivity index (χ3n) is 2.78. The van der Waals surface area contributed by atoms with Crippen molar-refractivity contribution in [2.24, 2.45) is 5.73 Å². The van der Waals surface area contributed by atoms with Gasteiger partial charge in [-0.3, -0.25) is 4.79 Å². The number of carbonyl (C=O) groups is 1. The van der Waals surface area contributed by atoms with Crippen LogP contribution in [-0.4, -0.2) is 31.8 Å². The zero-order valence-electron chi connectivity index (χ0n) is 12.8. The summed E-state index contributed by atoms with van der Waals surface area (Å²) in [6, 6.07) is 5.39. The summed E-state index contributed by atoms with van der Waals surface area (Å²) < 4.78 is 10.9. The molecule has 0 aliphatic rings. The summed E-state index contributed by atoms with van der Waals surface area (Å²) in [7, 11) is 0. The van der Waals surface area contributed by atoms with E-state index < -0.39 is 6.04 Å². The molecule has 21 heavy (non-hydrogen) atoms. The van der Waals surface area contributed by atoms with E-state index >= 15 is 0 Å². The van der Waals surface area contributed by atoms with E-state index in [1.165, 1.54) is 0 Å². The smallest absolute Gasteiger partial charge is 0.236 e. The van der Waals surface area contributed by atoms with Gasteiger partial charge in [-0.05, 0) is 32.4 Å². The van der Waals surface area contributed by atoms with Gasteiger partial charge in [-0.2, -0.15) is 0 Å². The molecule has 1 aromatic rings. The van der Waals surface area contributed by atoms with Crippen LogP contribution in [-0.2, 0) is 16.1 Å². The van der Waals surface area contributed by atoms with Crippen molar-refractivity contribution < 1.29 is 14.3 Å². The van der Waals surface area contributed by atoms with Gasteiger partial charge < -0.3 is 20.5 Å². The van der Waals surface area contributed by atoms with Crippen molar-refractivity contribution in [3.8, 4) is 5.75 Å². The Morgan fingerprint density at radius 2 is 2.10 bits per heavy atom. The SMILES string of the molecule is CCOCCOc1cc(C)ccc1CNC(=O)[C@@H](C)N.Cl. The van der Waals surface area contributed by atoms with Crippen molar-refractivity contribution in [1.29, 1.82) is 0 Å². The van der Waals surface area contributed by atoms with Crippen molar-refractivity contribution in [1.82, 2.24) is 5.32 Å². The molecular formula is C15H25ClN2O3. The minimum Gasteiger partial charge on any atom is -0.491 e. The lowest BCUT2D eigenvalue weighted by Gasteiger charge is -2.14. The van der Waals surface area contributed by atoms with Gasteiger partial charge in [-0.1, -0.05) is 12.1 Å². The molecule has 120 valence electrons. The molecular weight excluding hydrogens is 292 g/mol. The monoisotopic (exact) mass is 316 g/mol. The van der Waals surface area contributed by atoms with Crippen LogP contribution in [0.25, 0.3) is 0 Å². The van der Waals surface area contributed by atoms with Crippen LogP contribution in [0, 0.1) is 6.92 Å². The number of ether oxygens (including phenoxy) is 2. The van der Waals surface area contributed by atoms with Crippen LogP contribution in [0.3, 0.4) is 0 Å². The Morgan fingerprint density at radius 3 is 2.71 bits per heavy atom. The molecule has 1 atom stereocenters. The molecule has 0 bridgehead atoms. The Bertz CT molecular complexity index is 439. The average molecular weight is 317 g/mol. The number of carbonyl (C=O) groups excluding carboxylic acids is 1. The normalized spacial score (nSPS) is 11.4. The summed E-state index contributed by atoms with van der Waals surface area (Å²) in [6.45, 7) is 7.73. The highest BCUT2D eigenvalue weighted by Gasteiger charge is 2.09. The molecule has 6 heteroatoms. The van der Waals surface area contributed by atoms with Crippen molar-refractivity contribution in [2.45, 2.75) is 33.4 Å². The number of aryl methyl sites for hydroxylation is 1. The van der Waals surface area contributed by atoms with Crippen molar-refractivity contribution in [2.75, 3.05) is 19.8 Å². The lowest BCUT2D eigenvalue weighted by Crippen LogP contribution is -2.37. The molecule has 0 saturated heterocycles. The lowest BCUT2D eigenvalue weighted by molar-refractivity contribution is -0.122. The molecule has 0 saturated carbocycles. The van der Waals surface area contributed by atoms with E-state index in [-0.39, 0.29) is 18.3 Å². The maximum Gasteiger partial charge on any atom is 0.236 e. The third-order valence-corrected chi connectivity index (χ3v) is 2.78. The fraction of sp³-hybridized carbons (Fsp3) is 0.533. The van der Waals surface area contributed by atoms with Crippen LogP contribution >= 0.6 is 12.4 Å². The van der Waals surface area contributed by atoms with Gasteiger partial charge in [0.15, 0.2) is 0 Å². The summed E-state index contributed by atoms with van der Waals surface area (Å²) in [5.74, 6) is 0.598. The van der Waals surface area contributed by atoms with E-state index in [4.69, 9.17) is 15.2 Å². The Morgan fingerprint density at radius 1 is 1.38 bits per heavy atom. The van der Waals surface area contributed by atoms with E-state index in [0.29, 0.717) is 26.4 Å².